The molecule has 1 N–H and O–H groups in total. The number of hydrogen-bond donors (Lipinski definition) is 1. The zero-order valence-electron chi connectivity index (χ0n) is 16.6. The fourth-order valence-electron chi connectivity index (χ4n) is 2.77. The van der Waals surface area contributed by atoms with Gasteiger partial charge in [-0.3, -0.25) is 9.10 Å². The molecule has 0 saturated carbocycles. The minimum absolute atomic E-state index is 0.197. The summed E-state index contributed by atoms with van der Waals surface area (Å²) in [5.41, 5.74) is 2.82. The standard InChI is InChI=1S/C20H26ClN3O3S/c1-5-24(6-2)16-9-7-15(8-10-16)14-22-20(25)18-12-11-17(13-19(18)21)23(3)28(4,26)27/h7-13H,5-6,14H2,1-4H3,(H,22,25). The molecule has 2 rings (SSSR count). The highest BCUT2D eigenvalue weighted by atomic mass is 35.5. The van der Waals surface area contributed by atoms with Crippen LogP contribution in [0.4, 0.5) is 11.4 Å². The fraction of sp³-hybridized carbons (Fsp3) is 0.350. The third-order valence-electron chi connectivity index (χ3n) is 4.58. The number of nitrogens with zero attached hydrogens (tertiary/aromatic N) is 2. The number of anilines is 2. The minimum atomic E-state index is -3.40. The van der Waals surface area contributed by atoms with Crippen molar-refractivity contribution in [1.29, 1.82) is 0 Å². The molecule has 8 heteroatoms. The highest BCUT2D eigenvalue weighted by Gasteiger charge is 2.16. The molecule has 0 aliphatic rings. The maximum atomic E-state index is 12.4. The number of nitrogens with one attached hydrogen (secondary N) is 1. The Morgan fingerprint density at radius 3 is 2.11 bits per heavy atom. The number of carbonyl (C=O) groups is 1. The number of rotatable bonds is 8. The number of amides is 1. The molecule has 152 valence electrons. The average molecular weight is 424 g/mol. The first-order valence-corrected chi connectivity index (χ1v) is 11.3. The van der Waals surface area contributed by atoms with Gasteiger partial charge in [0.2, 0.25) is 10.0 Å². The molecule has 0 unspecified atom stereocenters. The van der Waals surface area contributed by atoms with Crippen molar-refractivity contribution in [3.63, 3.8) is 0 Å². The Bertz CT molecular complexity index is 926. The Kier molecular flexibility index (Phi) is 7.32. The Morgan fingerprint density at radius 1 is 1.04 bits per heavy atom. The topological polar surface area (TPSA) is 69.7 Å². The lowest BCUT2D eigenvalue weighted by atomic mass is 10.1. The van der Waals surface area contributed by atoms with E-state index >= 15 is 0 Å². The van der Waals surface area contributed by atoms with Crippen molar-refractivity contribution in [3.8, 4) is 0 Å². The summed E-state index contributed by atoms with van der Waals surface area (Å²) >= 11 is 6.20. The van der Waals surface area contributed by atoms with Gasteiger partial charge in [-0.25, -0.2) is 8.42 Å². The van der Waals surface area contributed by atoms with Crippen molar-refractivity contribution in [2.45, 2.75) is 20.4 Å². The Morgan fingerprint density at radius 2 is 1.61 bits per heavy atom. The second kappa shape index (κ2) is 9.30. The van der Waals surface area contributed by atoms with Crippen molar-refractivity contribution in [2.75, 3.05) is 35.6 Å². The van der Waals surface area contributed by atoms with E-state index in [1.807, 2.05) is 24.3 Å². The molecule has 0 bridgehead atoms. The number of benzene rings is 2. The summed E-state index contributed by atoms with van der Waals surface area (Å²) in [7, 11) is -1.96. The molecule has 2 aromatic carbocycles. The molecule has 6 nitrogen and oxygen atoms in total. The van der Waals surface area contributed by atoms with Gasteiger partial charge >= 0.3 is 0 Å². The second-order valence-corrected chi connectivity index (χ2v) is 8.84. The molecule has 28 heavy (non-hydrogen) atoms. The van der Waals surface area contributed by atoms with Crippen LogP contribution >= 0.6 is 11.6 Å². The molecule has 0 saturated heterocycles. The lowest BCUT2D eigenvalue weighted by Crippen LogP contribution is -2.26. The van der Waals surface area contributed by atoms with Crippen LogP contribution in [-0.2, 0) is 16.6 Å². The molecule has 0 atom stereocenters. The first kappa shape index (κ1) is 22.0. The van der Waals surface area contributed by atoms with E-state index in [1.54, 1.807) is 6.07 Å². The predicted octanol–water partition coefficient (Wildman–Crippen LogP) is 3.51. The molecule has 1 amide bonds. The number of carbonyl (C=O) groups excluding carboxylic acids is 1. The molecule has 0 aliphatic carbocycles. The zero-order valence-corrected chi connectivity index (χ0v) is 18.1. The maximum Gasteiger partial charge on any atom is 0.253 e. The maximum absolute atomic E-state index is 12.4. The van der Waals surface area contributed by atoms with Gasteiger partial charge in [-0.05, 0) is 49.7 Å². The van der Waals surface area contributed by atoms with Crippen molar-refractivity contribution in [3.05, 3.63) is 58.6 Å². The largest absolute Gasteiger partial charge is 0.372 e. The van der Waals surface area contributed by atoms with Crippen molar-refractivity contribution in [2.24, 2.45) is 0 Å². The van der Waals surface area contributed by atoms with Crippen LogP contribution in [0, 0.1) is 0 Å². The van der Waals surface area contributed by atoms with E-state index in [-0.39, 0.29) is 10.9 Å². The Labute approximate surface area is 172 Å². The predicted molar refractivity (Wildman–Crippen MR) is 116 cm³/mol. The zero-order chi connectivity index (χ0) is 20.9. The second-order valence-electron chi connectivity index (χ2n) is 6.42. The monoisotopic (exact) mass is 423 g/mol. The van der Waals surface area contributed by atoms with Gasteiger partial charge in [0, 0.05) is 32.4 Å². The number of sulfonamides is 1. The molecule has 2 aromatic rings. The number of halogens is 1. The third kappa shape index (κ3) is 5.39. The molecule has 0 heterocycles. The molecular weight excluding hydrogens is 398 g/mol. The summed E-state index contributed by atoms with van der Waals surface area (Å²) in [5.74, 6) is -0.314. The Hall–Kier alpha value is -2.25. The van der Waals surface area contributed by atoms with E-state index in [4.69, 9.17) is 11.6 Å². The summed E-state index contributed by atoms with van der Waals surface area (Å²) in [5, 5.41) is 3.04. The van der Waals surface area contributed by atoms with Crippen LogP contribution < -0.4 is 14.5 Å². The highest BCUT2D eigenvalue weighted by molar-refractivity contribution is 7.92. The van der Waals surface area contributed by atoms with Crippen LogP contribution in [0.1, 0.15) is 29.8 Å². The van der Waals surface area contributed by atoms with E-state index < -0.39 is 10.0 Å². The quantitative estimate of drug-likeness (QED) is 0.705. The summed E-state index contributed by atoms with van der Waals surface area (Å²) in [6.07, 6.45) is 1.10. The first-order valence-electron chi connectivity index (χ1n) is 9.02. The SMILES string of the molecule is CCN(CC)c1ccc(CNC(=O)c2ccc(N(C)S(C)(=O)=O)cc2Cl)cc1. The first-order chi connectivity index (χ1) is 13.2. The van der Waals surface area contributed by atoms with Gasteiger partial charge in [0.05, 0.1) is 22.5 Å². The third-order valence-corrected chi connectivity index (χ3v) is 6.09. The van der Waals surface area contributed by atoms with Crippen LogP contribution in [0.15, 0.2) is 42.5 Å². The fourth-order valence-corrected chi connectivity index (χ4v) is 3.52. The van der Waals surface area contributed by atoms with E-state index in [9.17, 15) is 13.2 Å². The highest BCUT2D eigenvalue weighted by Crippen LogP contribution is 2.24. The normalized spacial score (nSPS) is 11.2. The molecule has 0 spiro atoms. The van der Waals surface area contributed by atoms with Crippen LogP contribution in [0.3, 0.4) is 0 Å². The van der Waals surface area contributed by atoms with Crippen molar-refractivity contribution >= 4 is 38.9 Å². The van der Waals surface area contributed by atoms with Crippen LogP contribution in [-0.4, -0.2) is 40.7 Å². The van der Waals surface area contributed by atoms with Gasteiger partial charge in [-0.2, -0.15) is 0 Å². The van der Waals surface area contributed by atoms with Gasteiger partial charge in [0.1, 0.15) is 0 Å². The lowest BCUT2D eigenvalue weighted by molar-refractivity contribution is 0.0951. The van der Waals surface area contributed by atoms with Crippen molar-refractivity contribution in [1.82, 2.24) is 5.32 Å². The van der Waals surface area contributed by atoms with Crippen LogP contribution in [0.25, 0.3) is 0 Å². The van der Waals surface area contributed by atoms with Gasteiger partial charge < -0.3 is 10.2 Å². The van der Waals surface area contributed by atoms with Crippen LogP contribution in [0.2, 0.25) is 5.02 Å². The summed E-state index contributed by atoms with van der Waals surface area (Å²) in [4.78, 5) is 14.7. The molecular formula is C20H26ClN3O3S. The van der Waals surface area contributed by atoms with Gasteiger partial charge in [-0.1, -0.05) is 23.7 Å². The lowest BCUT2D eigenvalue weighted by Gasteiger charge is -2.21. The Balaban J connectivity index is 2.05. The van der Waals surface area contributed by atoms with E-state index in [0.717, 1.165) is 34.9 Å². The van der Waals surface area contributed by atoms with Gasteiger partial charge in [-0.15, -0.1) is 0 Å². The van der Waals surface area contributed by atoms with Gasteiger partial charge in [0.25, 0.3) is 5.91 Å². The molecule has 0 aromatic heterocycles. The minimum Gasteiger partial charge on any atom is -0.372 e. The summed E-state index contributed by atoms with van der Waals surface area (Å²) in [6, 6.07) is 12.6. The summed E-state index contributed by atoms with van der Waals surface area (Å²) in [6.45, 7) is 6.48. The average Bonchev–Trinajstić information content (AvgIpc) is 2.66. The molecule has 0 radical (unpaired) electrons. The smallest absolute Gasteiger partial charge is 0.253 e. The van der Waals surface area contributed by atoms with E-state index in [2.05, 4.69) is 24.1 Å². The van der Waals surface area contributed by atoms with E-state index in [1.165, 1.54) is 19.2 Å². The van der Waals surface area contributed by atoms with Crippen LogP contribution in [0.5, 0.6) is 0 Å². The summed E-state index contributed by atoms with van der Waals surface area (Å²) < 4.78 is 24.4. The van der Waals surface area contributed by atoms with E-state index in [0.29, 0.717) is 17.8 Å². The number of hydrogen-bond acceptors (Lipinski definition) is 4. The van der Waals surface area contributed by atoms with Gasteiger partial charge in [0.15, 0.2) is 0 Å². The molecule has 0 fully saturated rings. The molecule has 0 aliphatic heterocycles. The van der Waals surface area contributed by atoms with Crippen molar-refractivity contribution < 1.29 is 13.2 Å².